The van der Waals surface area contributed by atoms with Gasteiger partial charge in [-0.05, 0) is 25.8 Å². The highest BCUT2D eigenvalue weighted by Crippen LogP contribution is 2.28. The number of hydrogen-bond acceptors (Lipinski definition) is 3. The highest BCUT2D eigenvalue weighted by atomic mass is 16.5. The van der Waals surface area contributed by atoms with E-state index in [1.54, 1.807) is 0 Å². The number of likely N-dealkylation sites (N-methyl/N-ethyl adjacent to an activating group) is 1. The summed E-state index contributed by atoms with van der Waals surface area (Å²) < 4.78 is 0. The molecule has 0 spiro atoms. The minimum absolute atomic E-state index is 0.425. The first-order valence-corrected chi connectivity index (χ1v) is 4.41. The minimum Gasteiger partial charge on any atom is -0.314 e. The lowest BCUT2D eigenvalue weighted by molar-refractivity contribution is -0.148. The maximum Gasteiger partial charge on any atom is 0.0517 e. The zero-order valence-electron chi connectivity index (χ0n) is 7.03. The first-order chi connectivity index (χ1) is 5.27. The molecule has 0 saturated carbocycles. The lowest BCUT2D eigenvalue weighted by Gasteiger charge is -2.31. The second-order valence-corrected chi connectivity index (χ2v) is 3.85. The Balaban J connectivity index is 2.03. The molecule has 2 atom stereocenters. The molecule has 2 aliphatic rings. The van der Waals surface area contributed by atoms with Gasteiger partial charge >= 0.3 is 0 Å². The Kier molecular flexibility index (Phi) is 1.87. The average molecular weight is 156 g/mol. The summed E-state index contributed by atoms with van der Waals surface area (Å²) in [5.41, 5.74) is 0. The molecule has 2 unspecified atom stereocenters. The summed E-state index contributed by atoms with van der Waals surface area (Å²) in [4.78, 5) is 2.31. The van der Waals surface area contributed by atoms with Gasteiger partial charge in [-0.25, -0.2) is 0 Å². The van der Waals surface area contributed by atoms with Crippen molar-refractivity contribution in [2.75, 3.05) is 26.7 Å². The van der Waals surface area contributed by atoms with Gasteiger partial charge in [0.2, 0.25) is 0 Å². The number of hydroxylamine groups is 2. The molecule has 3 heteroatoms. The van der Waals surface area contributed by atoms with E-state index in [-0.39, 0.29) is 0 Å². The van der Waals surface area contributed by atoms with Crippen molar-refractivity contribution >= 4 is 0 Å². The summed E-state index contributed by atoms with van der Waals surface area (Å²) in [5, 5.41) is 11.0. The van der Waals surface area contributed by atoms with Crippen LogP contribution in [0.4, 0.5) is 0 Å². The van der Waals surface area contributed by atoms with Crippen LogP contribution in [0.3, 0.4) is 0 Å². The third kappa shape index (κ3) is 1.28. The minimum atomic E-state index is 0.425. The van der Waals surface area contributed by atoms with E-state index in [1.807, 2.05) is 0 Å². The topological polar surface area (TPSA) is 26.7 Å². The molecule has 0 amide bonds. The Bertz CT molecular complexity index is 151. The van der Waals surface area contributed by atoms with E-state index < -0.39 is 0 Å². The summed E-state index contributed by atoms with van der Waals surface area (Å²) >= 11 is 0. The molecule has 0 radical (unpaired) electrons. The molecule has 0 aromatic carbocycles. The van der Waals surface area contributed by atoms with E-state index in [0.717, 1.165) is 25.4 Å². The van der Waals surface area contributed by atoms with Crippen molar-refractivity contribution in [3.05, 3.63) is 0 Å². The van der Waals surface area contributed by atoms with Gasteiger partial charge in [0.05, 0.1) is 6.04 Å². The van der Waals surface area contributed by atoms with Gasteiger partial charge in [-0.15, -0.1) is 0 Å². The van der Waals surface area contributed by atoms with Crippen LogP contribution in [0, 0.1) is 5.92 Å². The van der Waals surface area contributed by atoms with Crippen LogP contribution >= 0.6 is 0 Å². The van der Waals surface area contributed by atoms with Crippen LogP contribution in [0.1, 0.15) is 12.8 Å². The molecule has 2 heterocycles. The van der Waals surface area contributed by atoms with Crippen molar-refractivity contribution in [1.82, 2.24) is 9.96 Å². The Labute approximate surface area is 67.6 Å². The Morgan fingerprint density at radius 1 is 1.36 bits per heavy atom. The van der Waals surface area contributed by atoms with Gasteiger partial charge in [-0.1, -0.05) is 0 Å². The van der Waals surface area contributed by atoms with E-state index in [9.17, 15) is 5.21 Å². The molecule has 0 aromatic rings. The van der Waals surface area contributed by atoms with Crippen LogP contribution in [0.25, 0.3) is 0 Å². The van der Waals surface area contributed by atoms with Crippen molar-refractivity contribution in [2.45, 2.75) is 18.9 Å². The molecule has 0 bridgehead atoms. The van der Waals surface area contributed by atoms with Crippen molar-refractivity contribution in [2.24, 2.45) is 5.92 Å². The molecule has 64 valence electrons. The van der Waals surface area contributed by atoms with E-state index in [2.05, 4.69) is 11.9 Å². The third-order valence-corrected chi connectivity index (χ3v) is 2.93. The van der Waals surface area contributed by atoms with Crippen LogP contribution in [0.2, 0.25) is 0 Å². The van der Waals surface area contributed by atoms with E-state index in [1.165, 1.54) is 18.0 Å². The predicted octanol–water partition coefficient (Wildman–Crippen LogP) is 0.402. The monoisotopic (exact) mass is 156 g/mol. The lowest BCUT2D eigenvalue weighted by Crippen LogP contribution is -2.42. The molecular weight excluding hydrogens is 140 g/mol. The normalized spacial score (nSPS) is 40.9. The summed E-state index contributed by atoms with van der Waals surface area (Å²) in [6.07, 6.45) is 2.46. The SMILES string of the molecule is CN1CC2CCCN(O)C2C1. The summed E-state index contributed by atoms with van der Waals surface area (Å²) in [7, 11) is 2.13. The molecule has 11 heavy (non-hydrogen) atoms. The smallest absolute Gasteiger partial charge is 0.0517 e. The molecule has 2 saturated heterocycles. The van der Waals surface area contributed by atoms with Crippen molar-refractivity contribution in [3.63, 3.8) is 0 Å². The maximum absolute atomic E-state index is 9.50. The lowest BCUT2D eigenvalue weighted by atomic mass is 9.94. The molecule has 2 fully saturated rings. The summed E-state index contributed by atoms with van der Waals surface area (Å²) in [6.45, 7) is 3.08. The molecule has 0 aliphatic carbocycles. The van der Waals surface area contributed by atoms with Crippen LogP contribution in [-0.4, -0.2) is 47.9 Å². The number of likely N-dealkylation sites (tertiary alicyclic amines) is 1. The van der Waals surface area contributed by atoms with Crippen molar-refractivity contribution < 1.29 is 5.21 Å². The fourth-order valence-electron chi connectivity index (χ4n) is 2.37. The van der Waals surface area contributed by atoms with Gasteiger partial charge in [-0.3, -0.25) is 0 Å². The van der Waals surface area contributed by atoms with E-state index >= 15 is 0 Å². The van der Waals surface area contributed by atoms with Gasteiger partial charge in [-0.2, -0.15) is 5.06 Å². The van der Waals surface area contributed by atoms with Crippen LogP contribution in [-0.2, 0) is 0 Å². The summed E-state index contributed by atoms with van der Waals surface area (Å²) in [6, 6.07) is 0.425. The standard InChI is InChI=1S/C8H16N2O/c1-9-5-7-3-2-4-10(11)8(7)6-9/h7-8,11H,2-6H2,1H3. The fraction of sp³-hybridized carbons (Fsp3) is 1.00. The molecule has 0 aromatic heterocycles. The van der Waals surface area contributed by atoms with Gasteiger partial charge in [0.25, 0.3) is 0 Å². The van der Waals surface area contributed by atoms with E-state index in [0.29, 0.717) is 6.04 Å². The highest BCUT2D eigenvalue weighted by Gasteiger charge is 2.36. The van der Waals surface area contributed by atoms with Crippen LogP contribution < -0.4 is 0 Å². The number of fused-ring (bicyclic) bond motifs is 1. The average Bonchev–Trinajstić information content (AvgIpc) is 2.31. The molecule has 3 nitrogen and oxygen atoms in total. The van der Waals surface area contributed by atoms with Gasteiger partial charge in [0.15, 0.2) is 0 Å². The maximum atomic E-state index is 9.50. The molecule has 2 rings (SSSR count). The van der Waals surface area contributed by atoms with Crippen LogP contribution in [0.5, 0.6) is 0 Å². The molecule has 2 aliphatic heterocycles. The van der Waals surface area contributed by atoms with Gasteiger partial charge in [0.1, 0.15) is 0 Å². The third-order valence-electron chi connectivity index (χ3n) is 2.93. The Morgan fingerprint density at radius 2 is 2.18 bits per heavy atom. The van der Waals surface area contributed by atoms with Crippen molar-refractivity contribution in [3.8, 4) is 0 Å². The fourth-order valence-corrected chi connectivity index (χ4v) is 2.37. The zero-order chi connectivity index (χ0) is 7.84. The van der Waals surface area contributed by atoms with E-state index in [4.69, 9.17) is 0 Å². The Morgan fingerprint density at radius 3 is 2.91 bits per heavy atom. The highest BCUT2D eigenvalue weighted by molar-refractivity contribution is 4.89. The first-order valence-electron chi connectivity index (χ1n) is 4.41. The van der Waals surface area contributed by atoms with Gasteiger partial charge < -0.3 is 10.1 Å². The Hall–Kier alpha value is -0.120. The number of hydrogen-bond donors (Lipinski definition) is 1. The van der Waals surface area contributed by atoms with Crippen molar-refractivity contribution in [1.29, 1.82) is 0 Å². The number of piperidine rings is 1. The first kappa shape index (κ1) is 7.53. The quantitative estimate of drug-likeness (QED) is 0.550. The predicted molar refractivity (Wildman–Crippen MR) is 42.5 cm³/mol. The second kappa shape index (κ2) is 2.73. The summed E-state index contributed by atoms with van der Waals surface area (Å²) in [5.74, 6) is 0.721. The number of rotatable bonds is 0. The largest absolute Gasteiger partial charge is 0.314 e. The second-order valence-electron chi connectivity index (χ2n) is 3.85. The van der Waals surface area contributed by atoms with Gasteiger partial charge in [0, 0.05) is 19.6 Å². The number of nitrogens with zero attached hydrogens (tertiary/aromatic N) is 2. The van der Waals surface area contributed by atoms with Crippen LogP contribution in [0.15, 0.2) is 0 Å². The molecule has 1 N–H and O–H groups in total. The molecular formula is C8H16N2O. The zero-order valence-corrected chi connectivity index (χ0v) is 7.03.